The van der Waals surface area contributed by atoms with Crippen LogP contribution in [0.3, 0.4) is 0 Å². The average molecular weight is 276 g/mol. The van der Waals surface area contributed by atoms with Crippen molar-refractivity contribution in [2.45, 2.75) is 26.9 Å². The number of hydrogen-bond acceptors (Lipinski definition) is 4. The Hall–Kier alpha value is -1.72. The molecule has 5 heteroatoms. The molecule has 0 unspecified atom stereocenters. The van der Waals surface area contributed by atoms with Gasteiger partial charge >= 0.3 is 5.97 Å². The van der Waals surface area contributed by atoms with Crippen LogP contribution in [-0.2, 0) is 13.1 Å². The molecule has 0 saturated carbocycles. The van der Waals surface area contributed by atoms with Crippen LogP contribution in [0.2, 0.25) is 0 Å². The molecule has 0 atom stereocenters. The first-order valence-electron chi connectivity index (χ1n) is 6.02. The van der Waals surface area contributed by atoms with Crippen LogP contribution in [0, 0.1) is 13.8 Å². The lowest BCUT2D eigenvalue weighted by Gasteiger charge is -2.03. The number of carbonyl (C=O) groups is 1. The molecule has 100 valence electrons. The zero-order valence-corrected chi connectivity index (χ0v) is 11.8. The van der Waals surface area contributed by atoms with E-state index in [1.165, 1.54) is 4.88 Å². The molecule has 1 aromatic carbocycles. The van der Waals surface area contributed by atoms with E-state index in [1.807, 2.05) is 19.1 Å². The van der Waals surface area contributed by atoms with Crippen LogP contribution in [0.15, 0.2) is 24.3 Å². The fourth-order valence-corrected chi connectivity index (χ4v) is 2.60. The minimum Gasteiger partial charge on any atom is -0.478 e. The molecule has 0 spiro atoms. The number of rotatable bonds is 5. The molecule has 0 fully saturated rings. The Bertz CT molecular complexity index is 556. The van der Waals surface area contributed by atoms with E-state index in [0.29, 0.717) is 12.1 Å². The van der Waals surface area contributed by atoms with Gasteiger partial charge in [-0.2, -0.15) is 0 Å². The Morgan fingerprint density at radius 2 is 1.95 bits per heavy atom. The number of carboxylic acids is 1. The summed E-state index contributed by atoms with van der Waals surface area (Å²) >= 11 is 1.70. The van der Waals surface area contributed by atoms with Crippen molar-refractivity contribution in [3.63, 3.8) is 0 Å². The molecular weight excluding hydrogens is 260 g/mol. The van der Waals surface area contributed by atoms with Crippen molar-refractivity contribution >= 4 is 17.3 Å². The van der Waals surface area contributed by atoms with Crippen LogP contribution < -0.4 is 5.32 Å². The van der Waals surface area contributed by atoms with E-state index >= 15 is 0 Å². The van der Waals surface area contributed by atoms with Gasteiger partial charge in [0.05, 0.1) is 11.3 Å². The molecule has 1 heterocycles. The highest BCUT2D eigenvalue weighted by Gasteiger charge is 2.04. The molecule has 2 rings (SSSR count). The maximum absolute atomic E-state index is 10.7. The smallest absolute Gasteiger partial charge is 0.335 e. The molecule has 4 nitrogen and oxygen atoms in total. The summed E-state index contributed by atoms with van der Waals surface area (Å²) in [6.07, 6.45) is 0. The van der Waals surface area contributed by atoms with Gasteiger partial charge < -0.3 is 10.4 Å². The van der Waals surface area contributed by atoms with Gasteiger partial charge in [0.15, 0.2) is 0 Å². The summed E-state index contributed by atoms with van der Waals surface area (Å²) < 4.78 is 0. The fraction of sp³-hybridized carbons (Fsp3) is 0.286. The summed E-state index contributed by atoms with van der Waals surface area (Å²) in [5.74, 6) is -0.895. The molecule has 0 aliphatic rings. The predicted octanol–water partition coefficient (Wildman–Crippen LogP) is 2.75. The maximum Gasteiger partial charge on any atom is 0.335 e. The Morgan fingerprint density at radius 1 is 1.26 bits per heavy atom. The number of aromatic nitrogens is 1. The first-order valence-corrected chi connectivity index (χ1v) is 6.84. The minimum atomic E-state index is -0.895. The van der Waals surface area contributed by atoms with Gasteiger partial charge in [0.1, 0.15) is 5.01 Å². The SMILES string of the molecule is Cc1nc(CNCc2ccc(C(=O)O)cc2)sc1C. The number of carboxylic acid groups (broad SMARTS) is 1. The van der Waals surface area contributed by atoms with Crippen molar-refractivity contribution in [3.8, 4) is 0 Å². The van der Waals surface area contributed by atoms with Crippen molar-refractivity contribution < 1.29 is 9.90 Å². The van der Waals surface area contributed by atoms with Crippen molar-refractivity contribution in [2.75, 3.05) is 0 Å². The molecule has 0 amide bonds. The van der Waals surface area contributed by atoms with E-state index in [9.17, 15) is 4.79 Å². The van der Waals surface area contributed by atoms with Gasteiger partial charge in [-0.1, -0.05) is 12.1 Å². The molecule has 0 bridgehead atoms. The van der Waals surface area contributed by atoms with Gasteiger partial charge in [-0.15, -0.1) is 11.3 Å². The van der Waals surface area contributed by atoms with Crippen LogP contribution in [0.25, 0.3) is 0 Å². The highest BCUT2D eigenvalue weighted by molar-refractivity contribution is 7.11. The van der Waals surface area contributed by atoms with Crippen LogP contribution in [-0.4, -0.2) is 16.1 Å². The highest BCUT2D eigenvalue weighted by Crippen LogP contribution is 2.16. The molecule has 2 aromatic rings. The number of benzene rings is 1. The van der Waals surface area contributed by atoms with Crippen molar-refractivity contribution in [1.82, 2.24) is 10.3 Å². The summed E-state index contributed by atoms with van der Waals surface area (Å²) in [5.41, 5.74) is 2.47. The van der Waals surface area contributed by atoms with Gasteiger partial charge in [-0.05, 0) is 31.5 Å². The van der Waals surface area contributed by atoms with Crippen molar-refractivity contribution in [1.29, 1.82) is 0 Å². The Balaban J connectivity index is 1.87. The second-order valence-electron chi connectivity index (χ2n) is 4.35. The van der Waals surface area contributed by atoms with Crippen molar-refractivity contribution in [2.24, 2.45) is 0 Å². The predicted molar refractivity (Wildman–Crippen MR) is 75.5 cm³/mol. The van der Waals surface area contributed by atoms with Gasteiger partial charge in [-0.3, -0.25) is 0 Å². The average Bonchev–Trinajstić information content (AvgIpc) is 2.69. The van der Waals surface area contributed by atoms with E-state index in [1.54, 1.807) is 23.5 Å². The number of hydrogen-bond donors (Lipinski definition) is 2. The summed E-state index contributed by atoms with van der Waals surface area (Å²) in [4.78, 5) is 16.4. The normalized spacial score (nSPS) is 10.6. The molecule has 1 aromatic heterocycles. The van der Waals surface area contributed by atoms with E-state index < -0.39 is 5.97 Å². The van der Waals surface area contributed by atoms with Crippen LogP contribution in [0.4, 0.5) is 0 Å². The number of nitrogens with zero attached hydrogens (tertiary/aromatic N) is 1. The van der Waals surface area contributed by atoms with Crippen LogP contribution in [0.1, 0.15) is 31.5 Å². The summed E-state index contributed by atoms with van der Waals surface area (Å²) in [7, 11) is 0. The molecule has 0 aliphatic carbocycles. The highest BCUT2D eigenvalue weighted by atomic mass is 32.1. The number of aromatic carboxylic acids is 1. The first kappa shape index (κ1) is 13.7. The second-order valence-corrected chi connectivity index (χ2v) is 5.64. The molecule has 0 radical (unpaired) electrons. The standard InChI is InChI=1S/C14H16N2O2S/c1-9-10(2)19-13(16-9)8-15-7-11-3-5-12(6-4-11)14(17)18/h3-6,15H,7-8H2,1-2H3,(H,17,18). The third-order valence-corrected chi connectivity index (χ3v) is 3.95. The second kappa shape index (κ2) is 5.95. The minimum absolute atomic E-state index is 0.315. The van der Waals surface area contributed by atoms with Gasteiger partial charge in [0.2, 0.25) is 0 Å². The van der Waals surface area contributed by atoms with Crippen LogP contribution in [0.5, 0.6) is 0 Å². The fourth-order valence-electron chi connectivity index (χ4n) is 1.69. The van der Waals surface area contributed by atoms with Gasteiger partial charge in [0, 0.05) is 18.0 Å². The number of thiazole rings is 1. The molecule has 2 N–H and O–H groups in total. The van der Waals surface area contributed by atoms with E-state index in [0.717, 1.165) is 22.8 Å². The molecule has 19 heavy (non-hydrogen) atoms. The summed E-state index contributed by atoms with van der Waals surface area (Å²) in [5, 5.41) is 13.2. The zero-order valence-electron chi connectivity index (χ0n) is 10.9. The monoisotopic (exact) mass is 276 g/mol. The zero-order chi connectivity index (χ0) is 13.8. The third-order valence-electron chi connectivity index (χ3n) is 2.88. The Kier molecular flexibility index (Phi) is 4.29. The third kappa shape index (κ3) is 3.62. The Morgan fingerprint density at radius 3 is 2.47 bits per heavy atom. The largest absolute Gasteiger partial charge is 0.478 e. The van der Waals surface area contributed by atoms with Crippen LogP contribution >= 0.6 is 11.3 Å². The quantitative estimate of drug-likeness (QED) is 0.881. The topological polar surface area (TPSA) is 62.2 Å². The lowest BCUT2D eigenvalue weighted by molar-refractivity contribution is 0.0697. The van der Waals surface area contributed by atoms with Crippen molar-refractivity contribution in [3.05, 3.63) is 51.0 Å². The van der Waals surface area contributed by atoms with E-state index in [-0.39, 0.29) is 0 Å². The van der Waals surface area contributed by atoms with Gasteiger partial charge in [-0.25, -0.2) is 9.78 Å². The number of nitrogens with one attached hydrogen (secondary N) is 1. The Labute approximate surface area is 116 Å². The lowest BCUT2D eigenvalue weighted by Crippen LogP contribution is -2.12. The summed E-state index contributed by atoms with van der Waals surface area (Å²) in [6, 6.07) is 6.90. The maximum atomic E-state index is 10.7. The first-order chi connectivity index (χ1) is 9.06. The summed E-state index contributed by atoms with van der Waals surface area (Å²) in [6.45, 7) is 5.53. The van der Waals surface area contributed by atoms with E-state index in [2.05, 4.69) is 17.2 Å². The lowest BCUT2D eigenvalue weighted by atomic mass is 10.1. The molecular formula is C14H16N2O2S. The molecule has 0 saturated heterocycles. The number of aryl methyl sites for hydroxylation is 2. The molecule has 0 aliphatic heterocycles. The van der Waals surface area contributed by atoms with E-state index in [4.69, 9.17) is 5.11 Å². The van der Waals surface area contributed by atoms with Gasteiger partial charge in [0.25, 0.3) is 0 Å².